The number of carbonyl (C=O) groups excluding carboxylic acids is 1. The molecular weight excluding hydrogens is 362 g/mol. The highest BCUT2D eigenvalue weighted by Crippen LogP contribution is 2.28. The zero-order valence-corrected chi connectivity index (χ0v) is 16.2. The third-order valence-electron chi connectivity index (χ3n) is 3.73. The van der Waals surface area contributed by atoms with Gasteiger partial charge < -0.3 is 24.6 Å². The summed E-state index contributed by atoms with van der Waals surface area (Å²) < 4.78 is 16.4. The second-order valence-corrected chi connectivity index (χ2v) is 6.23. The molecule has 0 saturated carbocycles. The zero-order valence-electron chi connectivity index (χ0n) is 16.2. The number of hydrogen-bond acceptors (Lipinski definition) is 5. The third-order valence-corrected chi connectivity index (χ3v) is 3.73. The summed E-state index contributed by atoms with van der Waals surface area (Å²) in [5.74, 6) is -0.0324. The molecule has 0 aliphatic carbocycles. The maximum absolute atomic E-state index is 12.4. The standard InChI is InChI=1S/C21H25NO6/c1-4-26-19-11-16(8-9-18(19)27-13-20(23)24)21(25)22-12-15(3)28-17-7-5-6-14(2)10-17/h5-11,15H,4,12-13H2,1-3H3,(H,22,25)(H,23,24). The number of carbonyl (C=O) groups is 2. The smallest absolute Gasteiger partial charge is 0.341 e. The van der Waals surface area contributed by atoms with Crippen molar-refractivity contribution in [3.8, 4) is 17.2 Å². The van der Waals surface area contributed by atoms with Crippen LogP contribution in [-0.2, 0) is 4.79 Å². The van der Waals surface area contributed by atoms with E-state index >= 15 is 0 Å². The second kappa shape index (κ2) is 10.2. The number of carboxylic acid groups (broad SMARTS) is 1. The molecule has 0 saturated heterocycles. The largest absolute Gasteiger partial charge is 0.490 e. The van der Waals surface area contributed by atoms with E-state index in [0.29, 0.717) is 24.5 Å². The van der Waals surface area contributed by atoms with Crippen LogP contribution in [0.4, 0.5) is 0 Å². The van der Waals surface area contributed by atoms with Crippen molar-refractivity contribution in [2.75, 3.05) is 19.8 Å². The topological polar surface area (TPSA) is 94.1 Å². The molecule has 28 heavy (non-hydrogen) atoms. The van der Waals surface area contributed by atoms with Crippen molar-refractivity contribution in [3.05, 3.63) is 53.6 Å². The lowest BCUT2D eigenvalue weighted by Gasteiger charge is -2.16. The number of aliphatic carboxylic acids is 1. The van der Waals surface area contributed by atoms with Gasteiger partial charge in [-0.3, -0.25) is 4.79 Å². The number of amides is 1. The molecular formula is C21H25NO6. The van der Waals surface area contributed by atoms with Crippen molar-refractivity contribution in [1.29, 1.82) is 0 Å². The van der Waals surface area contributed by atoms with Gasteiger partial charge in [0.15, 0.2) is 18.1 Å². The van der Waals surface area contributed by atoms with E-state index in [0.717, 1.165) is 11.3 Å². The van der Waals surface area contributed by atoms with Crippen LogP contribution in [0.15, 0.2) is 42.5 Å². The van der Waals surface area contributed by atoms with Crippen LogP contribution < -0.4 is 19.5 Å². The minimum atomic E-state index is -1.09. The van der Waals surface area contributed by atoms with Gasteiger partial charge in [0.2, 0.25) is 0 Å². The molecule has 0 aromatic heterocycles. The third kappa shape index (κ3) is 6.50. The molecule has 1 unspecified atom stereocenters. The van der Waals surface area contributed by atoms with Gasteiger partial charge in [0.05, 0.1) is 13.2 Å². The Morgan fingerprint density at radius 1 is 1.11 bits per heavy atom. The van der Waals surface area contributed by atoms with Crippen LogP contribution >= 0.6 is 0 Å². The highest BCUT2D eigenvalue weighted by Gasteiger charge is 2.14. The van der Waals surface area contributed by atoms with E-state index in [9.17, 15) is 9.59 Å². The lowest BCUT2D eigenvalue weighted by Crippen LogP contribution is -2.33. The van der Waals surface area contributed by atoms with Gasteiger partial charge in [-0.15, -0.1) is 0 Å². The van der Waals surface area contributed by atoms with E-state index in [1.54, 1.807) is 13.0 Å². The molecule has 0 aliphatic rings. The molecule has 0 spiro atoms. The van der Waals surface area contributed by atoms with Crippen molar-refractivity contribution in [2.24, 2.45) is 0 Å². The fraction of sp³-hybridized carbons (Fsp3) is 0.333. The number of rotatable bonds is 10. The molecule has 2 aromatic carbocycles. The average molecular weight is 387 g/mol. The molecule has 2 N–H and O–H groups in total. The van der Waals surface area contributed by atoms with Gasteiger partial charge in [0.1, 0.15) is 11.9 Å². The van der Waals surface area contributed by atoms with Crippen molar-refractivity contribution in [2.45, 2.75) is 26.9 Å². The Bertz CT molecular complexity index is 820. The highest BCUT2D eigenvalue weighted by molar-refractivity contribution is 5.94. The monoisotopic (exact) mass is 387 g/mol. The Kier molecular flexibility index (Phi) is 7.68. The van der Waals surface area contributed by atoms with Crippen molar-refractivity contribution >= 4 is 11.9 Å². The first-order chi connectivity index (χ1) is 13.4. The Hall–Kier alpha value is -3.22. The normalized spacial score (nSPS) is 11.4. The number of nitrogens with one attached hydrogen (secondary N) is 1. The summed E-state index contributed by atoms with van der Waals surface area (Å²) in [5, 5.41) is 11.6. The number of ether oxygens (including phenoxy) is 3. The predicted octanol–water partition coefficient (Wildman–Crippen LogP) is 3.05. The maximum atomic E-state index is 12.4. The highest BCUT2D eigenvalue weighted by atomic mass is 16.5. The molecule has 0 aliphatic heterocycles. The van der Waals surface area contributed by atoms with E-state index in [2.05, 4.69) is 5.32 Å². The maximum Gasteiger partial charge on any atom is 0.341 e. The summed E-state index contributed by atoms with van der Waals surface area (Å²) in [4.78, 5) is 23.1. The summed E-state index contributed by atoms with van der Waals surface area (Å²) >= 11 is 0. The molecule has 7 nitrogen and oxygen atoms in total. The molecule has 0 fully saturated rings. The molecule has 0 heterocycles. The Morgan fingerprint density at radius 3 is 2.57 bits per heavy atom. The van der Waals surface area contributed by atoms with E-state index in [1.807, 2.05) is 38.1 Å². The van der Waals surface area contributed by atoms with Gasteiger partial charge in [-0.1, -0.05) is 12.1 Å². The van der Waals surface area contributed by atoms with Gasteiger partial charge in [0, 0.05) is 5.56 Å². The summed E-state index contributed by atoms with van der Waals surface area (Å²) in [6.45, 7) is 5.84. The van der Waals surface area contributed by atoms with Gasteiger partial charge in [0.25, 0.3) is 5.91 Å². The number of aryl methyl sites for hydroxylation is 1. The van der Waals surface area contributed by atoms with Crippen LogP contribution in [0.3, 0.4) is 0 Å². The Morgan fingerprint density at radius 2 is 1.89 bits per heavy atom. The van der Waals surface area contributed by atoms with Crippen LogP contribution in [0.1, 0.15) is 29.8 Å². The van der Waals surface area contributed by atoms with Gasteiger partial charge in [-0.05, 0) is 56.7 Å². The molecule has 1 atom stereocenters. The zero-order chi connectivity index (χ0) is 20.5. The molecule has 7 heteroatoms. The van der Waals surface area contributed by atoms with Crippen LogP contribution in [0.2, 0.25) is 0 Å². The van der Waals surface area contributed by atoms with Crippen molar-refractivity contribution in [3.63, 3.8) is 0 Å². The SMILES string of the molecule is CCOc1cc(C(=O)NCC(C)Oc2cccc(C)c2)ccc1OCC(=O)O. The summed E-state index contributed by atoms with van der Waals surface area (Å²) in [7, 11) is 0. The van der Waals surface area contributed by atoms with Gasteiger partial charge in [-0.25, -0.2) is 4.79 Å². The number of benzene rings is 2. The summed E-state index contributed by atoms with van der Waals surface area (Å²) in [5.41, 5.74) is 1.48. The van der Waals surface area contributed by atoms with Gasteiger partial charge in [-0.2, -0.15) is 0 Å². The van der Waals surface area contributed by atoms with Gasteiger partial charge >= 0.3 is 5.97 Å². The minimum Gasteiger partial charge on any atom is -0.490 e. The van der Waals surface area contributed by atoms with E-state index in [1.165, 1.54) is 12.1 Å². The molecule has 2 rings (SSSR count). The van der Waals surface area contributed by atoms with E-state index in [-0.39, 0.29) is 17.8 Å². The number of carboxylic acids is 1. The van der Waals surface area contributed by atoms with Crippen LogP contribution in [-0.4, -0.2) is 42.8 Å². The first kappa shape index (κ1) is 21.1. The molecule has 150 valence electrons. The van der Waals surface area contributed by atoms with Crippen LogP contribution in [0.5, 0.6) is 17.2 Å². The van der Waals surface area contributed by atoms with E-state index < -0.39 is 12.6 Å². The van der Waals surface area contributed by atoms with Crippen molar-refractivity contribution < 1.29 is 28.9 Å². The lowest BCUT2D eigenvalue weighted by atomic mass is 10.2. The second-order valence-electron chi connectivity index (χ2n) is 6.23. The quantitative estimate of drug-likeness (QED) is 0.651. The summed E-state index contributed by atoms with van der Waals surface area (Å²) in [6.07, 6.45) is -0.213. The predicted molar refractivity (Wildman–Crippen MR) is 104 cm³/mol. The fourth-order valence-electron chi connectivity index (χ4n) is 2.48. The van der Waals surface area contributed by atoms with Crippen LogP contribution in [0.25, 0.3) is 0 Å². The van der Waals surface area contributed by atoms with Crippen LogP contribution in [0, 0.1) is 6.92 Å². The summed E-state index contributed by atoms with van der Waals surface area (Å²) in [6, 6.07) is 12.3. The molecule has 0 radical (unpaired) electrons. The lowest BCUT2D eigenvalue weighted by molar-refractivity contribution is -0.139. The molecule has 2 aromatic rings. The molecule has 0 bridgehead atoms. The first-order valence-corrected chi connectivity index (χ1v) is 9.02. The number of hydrogen-bond donors (Lipinski definition) is 2. The fourth-order valence-corrected chi connectivity index (χ4v) is 2.48. The Balaban J connectivity index is 1.96. The minimum absolute atomic E-state index is 0.213. The van der Waals surface area contributed by atoms with E-state index in [4.69, 9.17) is 19.3 Å². The molecule has 1 amide bonds. The van der Waals surface area contributed by atoms with Crippen molar-refractivity contribution in [1.82, 2.24) is 5.32 Å². The Labute approximate surface area is 164 Å². The first-order valence-electron chi connectivity index (χ1n) is 9.02. The average Bonchev–Trinajstić information content (AvgIpc) is 2.65.